The van der Waals surface area contributed by atoms with E-state index >= 15 is 0 Å². The Morgan fingerprint density at radius 2 is 1.68 bits per heavy atom. The summed E-state index contributed by atoms with van der Waals surface area (Å²) < 4.78 is 12.9. The van der Waals surface area contributed by atoms with Crippen molar-refractivity contribution in [2.45, 2.75) is 26.8 Å². The zero-order chi connectivity index (χ0) is 16.1. The smallest absolute Gasteiger partial charge is 0.239 e. The molecule has 0 aliphatic carbocycles. The van der Waals surface area contributed by atoms with E-state index in [1.807, 2.05) is 32.9 Å². The van der Waals surface area contributed by atoms with Gasteiger partial charge in [0, 0.05) is 5.69 Å². The fraction of sp³-hybridized carbons (Fsp3) is 0.278. The topological polar surface area (TPSA) is 41.1 Å². The maximum atomic E-state index is 12.9. The van der Waals surface area contributed by atoms with Crippen LogP contribution < -0.4 is 10.6 Å². The third kappa shape index (κ3) is 4.58. The van der Waals surface area contributed by atoms with E-state index in [9.17, 15) is 9.18 Å². The molecule has 0 fully saturated rings. The lowest BCUT2D eigenvalue weighted by molar-refractivity contribution is -0.120. The summed E-state index contributed by atoms with van der Waals surface area (Å²) in [6.07, 6.45) is 0. The first-order valence-electron chi connectivity index (χ1n) is 7.31. The summed E-state index contributed by atoms with van der Waals surface area (Å²) in [5.74, 6) is -0.380. The number of hydrogen-bond acceptors (Lipinski definition) is 2. The molecule has 0 heterocycles. The van der Waals surface area contributed by atoms with Crippen molar-refractivity contribution in [2.24, 2.45) is 0 Å². The zero-order valence-corrected chi connectivity index (χ0v) is 13.1. The molecule has 0 saturated heterocycles. The fourth-order valence-electron chi connectivity index (χ4n) is 2.39. The second-order valence-electron chi connectivity index (χ2n) is 5.57. The maximum Gasteiger partial charge on any atom is 0.239 e. The second kappa shape index (κ2) is 7.07. The maximum absolute atomic E-state index is 12.9. The van der Waals surface area contributed by atoms with Crippen molar-refractivity contribution in [1.82, 2.24) is 5.32 Å². The predicted octanol–water partition coefficient (Wildman–Crippen LogP) is 3.73. The van der Waals surface area contributed by atoms with Gasteiger partial charge in [0.2, 0.25) is 5.91 Å². The van der Waals surface area contributed by atoms with Crippen LogP contribution in [-0.2, 0) is 4.79 Å². The summed E-state index contributed by atoms with van der Waals surface area (Å²) in [6.45, 7) is 6.13. The minimum Gasteiger partial charge on any atom is -0.376 e. The van der Waals surface area contributed by atoms with Crippen molar-refractivity contribution < 1.29 is 9.18 Å². The summed E-state index contributed by atoms with van der Waals surface area (Å²) in [4.78, 5) is 12.0. The zero-order valence-electron chi connectivity index (χ0n) is 13.1. The molecule has 0 radical (unpaired) electrons. The Labute approximate surface area is 130 Å². The minimum absolute atomic E-state index is 0.101. The van der Waals surface area contributed by atoms with Crippen LogP contribution in [0.5, 0.6) is 0 Å². The number of aryl methyl sites for hydroxylation is 2. The van der Waals surface area contributed by atoms with Gasteiger partial charge in [0.25, 0.3) is 0 Å². The van der Waals surface area contributed by atoms with E-state index in [1.165, 1.54) is 12.1 Å². The Hall–Kier alpha value is -2.36. The van der Waals surface area contributed by atoms with Gasteiger partial charge in [-0.2, -0.15) is 0 Å². The molecule has 0 aliphatic rings. The quantitative estimate of drug-likeness (QED) is 0.883. The number of benzene rings is 2. The highest BCUT2D eigenvalue weighted by Crippen LogP contribution is 2.14. The van der Waals surface area contributed by atoms with Crippen molar-refractivity contribution in [3.05, 3.63) is 65.0 Å². The molecule has 22 heavy (non-hydrogen) atoms. The average molecular weight is 300 g/mol. The molecular weight excluding hydrogens is 279 g/mol. The van der Waals surface area contributed by atoms with Crippen LogP contribution in [0.4, 0.5) is 10.1 Å². The number of carbonyl (C=O) groups excluding carboxylic acids is 1. The molecule has 3 nitrogen and oxygen atoms in total. The Bertz CT molecular complexity index is 632. The van der Waals surface area contributed by atoms with Gasteiger partial charge in [0.05, 0.1) is 12.6 Å². The molecule has 4 heteroatoms. The van der Waals surface area contributed by atoms with E-state index in [0.717, 1.165) is 22.4 Å². The van der Waals surface area contributed by atoms with Crippen molar-refractivity contribution in [3.8, 4) is 0 Å². The molecule has 1 amide bonds. The predicted molar refractivity (Wildman–Crippen MR) is 87.4 cm³/mol. The number of carbonyl (C=O) groups is 1. The van der Waals surface area contributed by atoms with Crippen LogP contribution in [0.3, 0.4) is 0 Å². The van der Waals surface area contributed by atoms with Gasteiger partial charge in [0.1, 0.15) is 5.82 Å². The summed E-state index contributed by atoms with van der Waals surface area (Å²) in [6, 6.07) is 12.1. The van der Waals surface area contributed by atoms with E-state index in [1.54, 1.807) is 12.1 Å². The average Bonchev–Trinajstić information content (AvgIpc) is 2.45. The summed E-state index contributed by atoms with van der Waals surface area (Å²) in [5, 5.41) is 6.01. The van der Waals surface area contributed by atoms with Crippen LogP contribution in [0.1, 0.15) is 29.7 Å². The Morgan fingerprint density at radius 1 is 1.09 bits per heavy atom. The van der Waals surface area contributed by atoms with Crippen LogP contribution >= 0.6 is 0 Å². The van der Waals surface area contributed by atoms with E-state index in [4.69, 9.17) is 0 Å². The number of anilines is 1. The molecule has 0 bridgehead atoms. The molecule has 2 aromatic carbocycles. The Balaban J connectivity index is 1.88. The van der Waals surface area contributed by atoms with Crippen molar-refractivity contribution in [3.63, 3.8) is 0 Å². The Morgan fingerprint density at radius 3 is 2.27 bits per heavy atom. The minimum atomic E-state index is -0.279. The van der Waals surface area contributed by atoms with Gasteiger partial charge in [-0.25, -0.2) is 4.39 Å². The molecule has 2 aromatic rings. The molecule has 0 aromatic heterocycles. The number of rotatable bonds is 5. The van der Waals surface area contributed by atoms with E-state index < -0.39 is 0 Å². The molecule has 2 rings (SSSR count). The molecule has 116 valence electrons. The third-order valence-corrected chi connectivity index (χ3v) is 3.42. The standard InChI is InChI=1S/C18H21FN2O/c1-12-8-13(2)10-17(9-12)20-11-18(22)21-14(3)15-4-6-16(19)7-5-15/h4-10,14,20H,11H2,1-3H3,(H,21,22). The summed E-state index contributed by atoms with van der Waals surface area (Å²) >= 11 is 0. The molecular formula is C18H21FN2O. The SMILES string of the molecule is Cc1cc(C)cc(NCC(=O)NC(C)c2ccc(F)cc2)c1. The highest BCUT2D eigenvalue weighted by molar-refractivity contribution is 5.81. The fourth-order valence-corrected chi connectivity index (χ4v) is 2.39. The number of halogens is 1. The molecule has 0 aliphatic heterocycles. The van der Waals surface area contributed by atoms with Gasteiger partial charge in [-0.15, -0.1) is 0 Å². The van der Waals surface area contributed by atoms with Crippen LogP contribution in [0.15, 0.2) is 42.5 Å². The van der Waals surface area contributed by atoms with Crippen molar-refractivity contribution in [1.29, 1.82) is 0 Å². The third-order valence-electron chi connectivity index (χ3n) is 3.42. The molecule has 2 N–H and O–H groups in total. The largest absolute Gasteiger partial charge is 0.376 e. The van der Waals surface area contributed by atoms with E-state index in [-0.39, 0.29) is 24.3 Å². The first-order chi connectivity index (χ1) is 10.4. The Kier molecular flexibility index (Phi) is 5.15. The van der Waals surface area contributed by atoms with Crippen LogP contribution in [-0.4, -0.2) is 12.5 Å². The number of amides is 1. The lowest BCUT2D eigenvalue weighted by Crippen LogP contribution is -2.32. The lowest BCUT2D eigenvalue weighted by atomic mass is 10.1. The normalized spacial score (nSPS) is 11.8. The van der Waals surface area contributed by atoms with Gasteiger partial charge in [-0.05, 0) is 61.7 Å². The highest BCUT2D eigenvalue weighted by atomic mass is 19.1. The number of hydrogen-bond donors (Lipinski definition) is 2. The van der Waals surface area contributed by atoms with E-state index in [0.29, 0.717) is 0 Å². The van der Waals surface area contributed by atoms with Crippen molar-refractivity contribution in [2.75, 3.05) is 11.9 Å². The first-order valence-corrected chi connectivity index (χ1v) is 7.31. The van der Waals surface area contributed by atoms with Gasteiger partial charge in [0.15, 0.2) is 0 Å². The van der Waals surface area contributed by atoms with Gasteiger partial charge < -0.3 is 10.6 Å². The number of nitrogens with one attached hydrogen (secondary N) is 2. The van der Waals surface area contributed by atoms with Gasteiger partial charge in [-0.1, -0.05) is 18.2 Å². The highest BCUT2D eigenvalue weighted by Gasteiger charge is 2.09. The summed E-state index contributed by atoms with van der Waals surface area (Å²) in [5.41, 5.74) is 4.12. The molecule has 0 saturated carbocycles. The van der Waals surface area contributed by atoms with Crippen molar-refractivity contribution >= 4 is 11.6 Å². The second-order valence-corrected chi connectivity index (χ2v) is 5.57. The van der Waals surface area contributed by atoms with Crippen LogP contribution in [0.2, 0.25) is 0 Å². The lowest BCUT2D eigenvalue weighted by Gasteiger charge is -2.15. The van der Waals surface area contributed by atoms with E-state index in [2.05, 4.69) is 16.7 Å². The molecule has 1 atom stereocenters. The monoisotopic (exact) mass is 300 g/mol. The van der Waals surface area contributed by atoms with Gasteiger partial charge >= 0.3 is 0 Å². The van der Waals surface area contributed by atoms with Crippen LogP contribution in [0.25, 0.3) is 0 Å². The molecule has 1 unspecified atom stereocenters. The molecule has 0 spiro atoms. The van der Waals surface area contributed by atoms with Gasteiger partial charge in [-0.3, -0.25) is 4.79 Å². The summed E-state index contributed by atoms with van der Waals surface area (Å²) in [7, 11) is 0. The first kappa shape index (κ1) is 16.0. The van der Waals surface area contributed by atoms with Crippen LogP contribution in [0, 0.1) is 19.7 Å².